The first-order valence-electron chi connectivity index (χ1n) is 5.72. The van der Waals surface area contributed by atoms with Gasteiger partial charge in [-0.1, -0.05) is 13.3 Å². The first-order chi connectivity index (χ1) is 7.69. The molecule has 1 heterocycles. The van der Waals surface area contributed by atoms with Crippen molar-refractivity contribution in [2.75, 3.05) is 6.54 Å². The molecule has 1 unspecified atom stereocenters. The summed E-state index contributed by atoms with van der Waals surface area (Å²) >= 11 is 0. The van der Waals surface area contributed by atoms with Gasteiger partial charge in [0.2, 0.25) is 5.91 Å². The second-order valence-corrected chi connectivity index (χ2v) is 3.97. The van der Waals surface area contributed by atoms with Crippen molar-refractivity contribution in [3.8, 4) is 0 Å². The Morgan fingerprint density at radius 1 is 1.62 bits per heavy atom. The minimum Gasteiger partial charge on any atom is -0.467 e. The topological polar surface area (TPSA) is 68.3 Å². The van der Waals surface area contributed by atoms with E-state index in [0.717, 1.165) is 18.6 Å². The summed E-state index contributed by atoms with van der Waals surface area (Å²) in [5, 5.41) is 2.91. The third-order valence-electron chi connectivity index (χ3n) is 2.62. The number of amides is 1. The van der Waals surface area contributed by atoms with Crippen LogP contribution in [0.25, 0.3) is 0 Å². The Balaban J connectivity index is 2.50. The van der Waals surface area contributed by atoms with Gasteiger partial charge in [0, 0.05) is 6.54 Å². The van der Waals surface area contributed by atoms with Gasteiger partial charge in [0.25, 0.3) is 0 Å². The summed E-state index contributed by atoms with van der Waals surface area (Å²) in [4.78, 5) is 11.8. The molecule has 1 aromatic rings. The minimum atomic E-state index is -0.103. The summed E-state index contributed by atoms with van der Waals surface area (Å²) in [7, 11) is 0. The van der Waals surface area contributed by atoms with Crippen LogP contribution in [0.1, 0.15) is 38.5 Å². The van der Waals surface area contributed by atoms with Gasteiger partial charge in [-0.2, -0.15) is 0 Å². The Labute approximate surface area is 96.2 Å². The van der Waals surface area contributed by atoms with Crippen LogP contribution in [-0.4, -0.2) is 12.5 Å². The largest absolute Gasteiger partial charge is 0.467 e. The second-order valence-electron chi connectivity index (χ2n) is 3.97. The van der Waals surface area contributed by atoms with E-state index in [1.807, 2.05) is 26.0 Å². The molecule has 0 aromatic carbocycles. The van der Waals surface area contributed by atoms with Gasteiger partial charge in [0.15, 0.2) is 0 Å². The molecule has 0 bridgehead atoms. The molecule has 0 saturated heterocycles. The van der Waals surface area contributed by atoms with Crippen molar-refractivity contribution >= 4 is 5.91 Å². The zero-order valence-corrected chi connectivity index (χ0v) is 9.90. The summed E-state index contributed by atoms with van der Waals surface area (Å²) in [5.41, 5.74) is 5.57. The smallest absolute Gasteiger partial charge is 0.224 e. The van der Waals surface area contributed by atoms with Crippen LogP contribution in [0.5, 0.6) is 0 Å². The van der Waals surface area contributed by atoms with Gasteiger partial charge in [-0.15, -0.1) is 0 Å². The average Bonchev–Trinajstić information content (AvgIpc) is 2.78. The number of carbonyl (C=O) groups excluding carboxylic acids is 1. The highest BCUT2D eigenvalue weighted by Gasteiger charge is 2.19. The predicted molar refractivity (Wildman–Crippen MR) is 62.7 cm³/mol. The van der Waals surface area contributed by atoms with E-state index in [2.05, 4.69) is 5.32 Å². The van der Waals surface area contributed by atoms with Crippen LogP contribution in [-0.2, 0) is 4.79 Å². The normalized spacial score (nSPS) is 14.4. The number of rotatable bonds is 6. The molecule has 0 aliphatic rings. The Morgan fingerprint density at radius 2 is 2.38 bits per heavy atom. The van der Waals surface area contributed by atoms with Crippen LogP contribution in [0.4, 0.5) is 0 Å². The second kappa shape index (κ2) is 6.33. The highest BCUT2D eigenvalue weighted by Crippen LogP contribution is 2.14. The van der Waals surface area contributed by atoms with Crippen molar-refractivity contribution in [2.45, 2.75) is 32.7 Å². The zero-order valence-electron chi connectivity index (χ0n) is 9.90. The lowest BCUT2D eigenvalue weighted by Crippen LogP contribution is -2.36. The Bertz CT molecular complexity index is 309. The summed E-state index contributed by atoms with van der Waals surface area (Å²) in [5.74, 6) is 0.677. The predicted octanol–water partition coefficient (Wildman–Crippen LogP) is 1.83. The van der Waals surface area contributed by atoms with Gasteiger partial charge >= 0.3 is 0 Å². The minimum absolute atomic E-state index is 0.00764. The lowest BCUT2D eigenvalue weighted by Gasteiger charge is -2.17. The molecule has 0 saturated carbocycles. The fourth-order valence-corrected chi connectivity index (χ4v) is 1.64. The van der Waals surface area contributed by atoms with Gasteiger partial charge < -0.3 is 15.5 Å². The average molecular weight is 224 g/mol. The first kappa shape index (κ1) is 12.8. The summed E-state index contributed by atoms with van der Waals surface area (Å²) in [6.45, 7) is 4.34. The lowest BCUT2D eigenvalue weighted by molar-refractivity contribution is -0.125. The number of nitrogens with two attached hydrogens (primary N) is 1. The summed E-state index contributed by atoms with van der Waals surface area (Å²) in [6.07, 6.45) is 3.39. The molecule has 1 rings (SSSR count). The van der Waals surface area contributed by atoms with Crippen molar-refractivity contribution in [3.05, 3.63) is 24.2 Å². The number of nitrogens with one attached hydrogen (secondary N) is 1. The van der Waals surface area contributed by atoms with Crippen molar-refractivity contribution in [3.63, 3.8) is 0 Å². The van der Waals surface area contributed by atoms with Crippen molar-refractivity contribution in [2.24, 2.45) is 11.7 Å². The summed E-state index contributed by atoms with van der Waals surface area (Å²) in [6, 6.07) is 3.56. The zero-order chi connectivity index (χ0) is 12.0. The van der Waals surface area contributed by atoms with E-state index in [0.29, 0.717) is 6.54 Å². The lowest BCUT2D eigenvalue weighted by atomic mass is 10.0. The molecule has 90 valence electrons. The van der Waals surface area contributed by atoms with Gasteiger partial charge in [0.05, 0.1) is 18.2 Å². The van der Waals surface area contributed by atoms with E-state index < -0.39 is 0 Å². The molecule has 0 fully saturated rings. The maximum atomic E-state index is 11.8. The van der Waals surface area contributed by atoms with Gasteiger partial charge in [-0.25, -0.2) is 0 Å². The molecule has 2 atom stereocenters. The fourth-order valence-electron chi connectivity index (χ4n) is 1.64. The molecule has 1 aromatic heterocycles. The fraction of sp³-hybridized carbons (Fsp3) is 0.583. The molecule has 0 spiro atoms. The molecule has 16 heavy (non-hydrogen) atoms. The van der Waals surface area contributed by atoms with Crippen molar-refractivity contribution < 1.29 is 9.21 Å². The van der Waals surface area contributed by atoms with E-state index >= 15 is 0 Å². The van der Waals surface area contributed by atoms with Crippen LogP contribution >= 0.6 is 0 Å². The van der Waals surface area contributed by atoms with Crippen LogP contribution < -0.4 is 11.1 Å². The van der Waals surface area contributed by atoms with E-state index in [9.17, 15) is 4.79 Å². The van der Waals surface area contributed by atoms with Gasteiger partial charge in [-0.05, 0) is 25.5 Å². The molecule has 1 amide bonds. The number of hydrogen-bond acceptors (Lipinski definition) is 3. The van der Waals surface area contributed by atoms with Crippen molar-refractivity contribution in [1.82, 2.24) is 5.32 Å². The van der Waals surface area contributed by atoms with Crippen LogP contribution in [0.3, 0.4) is 0 Å². The number of hydrogen-bond donors (Lipinski definition) is 2. The monoisotopic (exact) mass is 224 g/mol. The van der Waals surface area contributed by atoms with Gasteiger partial charge in [-0.3, -0.25) is 4.79 Å². The third-order valence-corrected chi connectivity index (χ3v) is 2.62. The van der Waals surface area contributed by atoms with Crippen LogP contribution in [0.2, 0.25) is 0 Å². The highest BCUT2D eigenvalue weighted by molar-refractivity contribution is 5.79. The van der Waals surface area contributed by atoms with E-state index in [1.54, 1.807) is 6.26 Å². The van der Waals surface area contributed by atoms with Crippen molar-refractivity contribution in [1.29, 1.82) is 0 Å². The van der Waals surface area contributed by atoms with E-state index in [-0.39, 0.29) is 17.9 Å². The molecule has 0 aliphatic heterocycles. The first-order valence-corrected chi connectivity index (χ1v) is 5.72. The Hall–Kier alpha value is -1.29. The maximum Gasteiger partial charge on any atom is 0.224 e. The molecule has 3 N–H and O–H groups in total. The van der Waals surface area contributed by atoms with Crippen LogP contribution in [0, 0.1) is 5.92 Å². The molecule has 4 heteroatoms. The van der Waals surface area contributed by atoms with E-state index in [4.69, 9.17) is 10.2 Å². The van der Waals surface area contributed by atoms with Gasteiger partial charge in [0.1, 0.15) is 5.76 Å². The third kappa shape index (κ3) is 3.38. The SMILES string of the molecule is CCCC(CN)C(=O)N[C@H](C)c1ccco1. The molecular weight excluding hydrogens is 204 g/mol. The Kier molecular flexibility index (Phi) is 5.05. The quantitative estimate of drug-likeness (QED) is 0.774. The summed E-state index contributed by atoms with van der Waals surface area (Å²) < 4.78 is 5.22. The van der Waals surface area contributed by atoms with Crippen LogP contribution in [0.15, 0.2) is 22.8 Å². The molecule has 0 radical (unpaired) electrons. The number of carbonyl (C=O) groups is 1. The molecular formula is C12H20N2O2. The standard InChI is InChI=1S/C12H20N2O2/c1-3-5-10(8-13)12(15)14-9(2)11-6-4-7-16-11/h4,6-7,9-10H,3,5,8,13H2,1-2H3,(H,14,15)/t9-,10?/m1/s1. The maximum absolute atomic E-state index is 11.8. The molecule has 4 nitrogen and oxygen atoms in total. The Morgan fingerprint density at radius 3 is 2.88 bits per heavy atom. The number of furan rings is 1. The highest BCUT2D eigenvalue weighted by atomic mass is 16.3. The van der Waals surface area contributed by atoms with E-state index in [1.165, 1.54) is 0 Å². The molecule has 0 aliphatic carbocycles.